The van der Waals surface area contributed by atoms with Gasteiger partial charge in [0.2, 0.25) is 0 Å². The minimum Gasteiger partial charge on any atom is -0.495 e. The molecule has 7 heteroatoms. The lowest BCUT2D eigenvalue weighted by Gasteiger charge is -2.13. The molecule has 1 aromatic carbocycles. The van der Waals surface area contributed by atoms with E-state index in [1.54, 1.807) is 13.2 Å². The van der Waals surface area contributed by atoms with Gasteiger partial charge in [-0.1, -0.05) is 11.6 Å². The summed E-state index contributed by atoms with van der Waals surface area (Å²) in [5, 5.41) is 0.526. The summed E-state index contributed by atoms with van der Waals surface area (Å²) in [5.41, 5.74) is 2.01. The van der Waals surface area contributed by atoms with Gasteiger partial charge in [-0.25, -0.2) is 4.72 Å². The van der Waals surface area contributed by atoms with Crippen LogP contribution in [-0.2, 0) is 16.6 Å². The van der Waals surface area contributed by atoms with E-state index in [1.165, 1.54) is 14.1 Å². The number of hydrogen-bond donors (Lipinski definition) is 1. The molecule has 0 unspecified atom stereocenters. The first-order valence-corrected chi connectivity index (χ1v) is 7.60. The fourth-order valence-electron chi connectivity index (χ4n) is 1.57. The maximum atomic E-state index is 11.5. The SMILES string of the molecule is COc1cc(C)c(CCNS(=O)(=O)N(C)C)cc1Cl. The Morgan fingerprint density at radius 3 is 2.53 bits per heavy atom. The van der Waals surface area contributed by atoms with Crippen LogP contribution in [0.5, 0.6) is 5.75 Å². The molecule has 0 aromatic heterocycles. The molecule has 108 valence electrons. The van der Waals surface area contributed by atoms with Crippen LogP contribution in [0, 0.1) is 6.92 Å². The fraction of sp³-hybridized carbons (Fsp3) is 0.500. The lowest BCUT2D eigenvalue weighted by Crippen LogP contribution is -2.36. The van der Waals surface area contributed by atoms with Crippen molar-refractivity contribution in [2.75, 3.05) is 27.7 Å². The predicted octanol–water partition coefficient (Wildman–Crippen LogP) is 1.60. The van der Waals surface area contributed by atoms with Gasteiger partial charge in [-0.3, -0.25) is 0 Å². The third-order valence-electron chi connectivity index (χ3n) is 2.77. The van der Waals surface area contributed by atoms with E-state index in [9.17, 15) is 8.42 Å². The molecule has 0 saturated carbocycles. The van der Waals surface area contributed by atoms with E-state index in [0.29, 0.717) is 23.7 Å². The highest BCUT2D eigenvalue weighted by Crippen LogP contribution is 2.27. The van der Waals surface area contributed by atoms with Crippen molar-refractivity contribution in [3.05, 3.63) is 28.3 Å². The van der Waals surface area contributed by atoms with Crippen molar-refractivity contribution in [3.8, 4) is 5.75 Å². The van der Waals surface area contributed by atoms with Crippen LogP contribution in [0.25, 0.3) is 0 Å². The van der Waals surface area contributed by atoms with Crippen LogP contribution in [0.2, 0.25) is 5.02 Å². The van der Waals surface area contributed by atoms with Crippen LogP contribution in [0.1, 0.15) is 11.1 Å². The smallest absolute Gasteiger partial charge is 0.278 e. The number of nitrogens with one attached hydrogen (secondary N) is 1. The molecule has 0 aliphatic rings. The van der Waals surface area contributed by atoms with Crippen LogP contribution in [-0.4, -0.2) is 40.5 Å². The maximum Gasteiger partial charge on any atom is 0.278 e. The van der Waals surface area contributed by atoms with Gasteiger partial charge in [0.05, 0.1) is 12.1 Å². The Morgan fingerprint density at radius 1 is 1.37 bits per heavy atom. The molecule has 5 nitrogen and oxygen atoms in total. The average molecular weight is 307 g/mol. The van der Waals surface area contributed by atoms with Gasteiger partial charge in [0, 0.05) is 20.6 Å². The third kappa shape index (κ3) is 4.35. The number of benzene rings is 1. The van der Waals surface area contributed by atoms with Crippen molar-refractivity contribution in [2.24, 2.45) is 0 Å². The van der Waals surface area contributed by atoms with Gasteiger partial charge in [-0.15, -0.1) is 0 Å². The van der Waals surface area contributed by atoms with Gasteiger partial charge < -0.3 is 4.74 Å². The van der Waals surface area contributed by atoms with Gasteiger partial charge >= 0.3 is 0 Å². The van der Waals surface area contributed by atoms with Gasteiger partial charge in [-0.05, 0) is 36.6 Å². The highest BCUT2D eigenvalue weighted by Gasteiger charge is 2.12. The number of hydrogen-bond acceptors (Lipinski definition) is 3. The minimum absolute atomic E-state index is 0.323. The highest BCUT2D eigenvalue weighted by molar-refractivity contribution is 7.87. The zero-order chi connectivity index (χ0) is 14.6. The van der Waals surface area contributed by atoms with Crippen LogP contribution in [0.15, 0.2) is 12.1 Å². The van der Waals surface area contributed by atoms with Crippen molar-refractivity contribution in [1.29, 1.82) is 0 Å². The van der Waals surface area contributed by atoms with Crippen molar-refractivity contribution in [1.82, 2.24) is 9.03 Å². The summed E-state index contributed by atoms with van der Waals surface area (Å²) >= 11 is 6.05. The van der Waals surface area contributed by atoms with Gasteiger partial charge in [0.25, 0.3) is 10.2 Å². The standard InChI is InChI=1S/C12H19ClN2O3S/c1-9-7-12(18-4)11(13)8-10(9)5-6-14-19(16,17)15(2)3/h7-8,14H,5-6H2,1-4H3. The number of aryl methyl sites for hydroxylation is 1. The molecule has 0 bridgehead atoms. The number of nitrogens with zero attached hydrogens (tertiary/aromatic N) is 1. The Morgan fingerprint density at radius 2 is 2.00 bits per heavy atom. The summed E-state index contributed by atoms with van der Waals surface area (Å²) in [6.07, 6.45) is 0.572. The molecule has 1 N–H and O–H groups in total. The molecule has 19 heavy (non-hydrogen) atoms. The summed E-state index contributed by atoms with van der Waals surface area (Å²) in [6, 6.07) is 3.65. The maximum absolute atomic E-state index is 11.5. The second-order valence-corrected chi connectivity index (χ2v) is 6.72. The van der Waals surface area contributed by atoms with Crippen LogP contribution < -0.4 is 9.46 Å². The summed E-state index contributed by atoms with van der Waals surface area (Å²) < 4.78 is 31.8. The first-order chi connectivity index (χ1) is 8.77. The lowest BCUT2D eigenvalue weighted by molar-refractivity contribution is 0.414. The molecule has 0 atom stereocenters. The Hall–Kier alpha value is -0.820. The molecule has 0 aliphatic heterocycles. The summed E-state index contributed by atoms with van der Waals surface area (Å²) in [6.45, 7) is 2.26. The fourth-order valence-corrected chi connectivity index (χ4v) is 2.45. The van der Waals surface area contributed by atoms with E-state index in [4.69, 9.17) is 16.3 Å². The molecule has 0 fully saturated rings. The highest BCUT2D eigenvalue weighted by atomic mass is 35.5. The lowest BCUT2D eigenvalue weighted by atomic mass is 10.1. The second kappa shape index (κ2) is 6.56. The molecular weight excluding hydrogens is 288 g/mol. The molecule has 0 aliphatic carbocycles. The van der Waals surface area contributed by atoms with E-state index >= 15 is 0 Å². The zero-order valence-electron chi connectivity index (χ0n) is 11.5. The molecule has 1 aromatic rings. The molecule has 0 saturated heterocycles. The summed E-state index contributed by atoms with van der Waals surface area (Å²) in [5.74, 6) is 0.622. The van der Waals surface area contributed by atoms with E-state index in [-0.39, 0.29) is 0 Å². The molecule has 0 radical (unpaired) electrons. The zero-order valence-corrected chi connectivity index (χ0v) is 13.1. The predicted molar refractivity (Wildman–Crippen MR) is 77.1 cm³/mol. The van der Waals surface area contributed by atoms with Crippen LogP contribution >= 0.6 is 11.6 Å². The number of rotatable bonds is 6. The molecule has 1 rings (SSSR count). The van der Waals surface area contributed by atoms with E-state index < -0.39 is 10.2 Å². The number of methoxy groups -OCH3 is 1. The van der Waals surface area contributed by atoms with Gasteiger partial charge in [0.15, 0.2) is 0 Å². The number of halogens is 1. The van der Waals surface area contributed by atoms with Crippen molar-refractivity contribution < 1.29 is 13.2 Å². The van der Waals surface area contributed by atoms with Crippen molar-refractivity contribution in [2.45, 2.75) is 13.3 Å². The average Bonchev–Trinajstić information content (AvgIpc) is 2.32. The van der Waals surface area contributed by atoms with Gasteiger partial charge in [0.1, 0.15) is 5.75 Å². The second-order valence-electron chi connectivity index (χ2n) is 4.35. The van der Waals surface area contributed by atoms with Crippen LogP contribution in [0.3, 0.4) is 0 Å². The Bertz CT molecular complexity index is 544. The van der Waals surface area contributed by atoms with Crippen molar-refractivity contribution >= 4 is 21.8 Å². The van der Waals surface area contributed by atoms with E-state index in [1.807, 2.05) is 13.0 Å². The summed E-state index contributed by atoms with van der Waals surface area (Å²) in [4.78, 5) is 0. The topological polar surface area (TPSA) is 58.6 Å². The Kier molecular flexibility index (Phi) is 5.61. The first kappa shape index (κ1) is 16.2. The van der Waals surface area contributed by atoms with Crippen LogP contribution in [0.4, 0.5) is 0 Å². The third-order valence-corrected chi connectivity index (χ3v) is 4.60. The molecule has 0 heterocycles. The van der Waals surface area contributed by atoms with E-state index in [0.717, 1.165) is 15.4 Å². The Balaban J connectivity index is 2.72. The first-order valence-electron chi connectivity index (χ1n) is 5.78. The number of ether oxygens (including phenoxy) is 1. The largest absolute Gasteiger partial charge is 0.495 e. The van der Waals surface area contributed by atoms with Gasteiger partial charge in [-0.2, -0.15) is 12.7 Å². The molecular formula is C12H19ClN2O3S. The van der Waals surface area contributed by atoms with Crippen molar-refractivity contribution in [3.63, 3.8) is 0 Å². The molecule has 0 spiro atoms. The quantitative estimate of drug-likeness (QED) is 0.868. The molecule has 0 amide bonds. The summed E-state index contributed by atoms with van der Waals surface area (Å²) in [7, 11) is 1.15. The minimum atomic E-state index is -3.38. The van der Waals surface area contributed by atoms with E-state index in [2.05, 4.69) is 4.72 Å². The normalized spacial score (nSPS) is 11.9. The Labute approximate surface area is 119 Å². The monoisotopic (exact) mass is 306 g/mol.